The van der Waals surface area contributed by atoms with Gasteiger partial charge in [-0.3, -0.25) is 9.59 Å². The summed E-state index contributed by atoms with van der Waals surface area (Å²) >= 11 is 2.92. The monoisotopic (exact) mass is 378 g/mol. The lowest BCUT2D eigenvalue weighted by Gasteiger charge is -2.32. The largest absolute Gasteiger partial charge is 0.341 e. The van der Waals surface area contributed by atoms with Crippen LogP contribution in [-0.2, 0) is 22.4 Å². The molecule has 0 bridgehead atoms. The fourth-order valence-corrected chi connectivity index (χ4v) is 4.32. The van der Waals surface area contributed by atoms with Gasteiger partial charge in [0.25, 0.3) is 0 Å². The van der Waals surface area contributed by atoms with Crippen molar-refractivity contribution in [1.82, 2.24) is 15.2 Å². The highest BCUT2D eigenvalue weighted by atomic mass is 32.1. The number of amides is 2. The second-order valence-corrected chi connectivity index (χ2v) is 7.98. The molecule has 1 aliphatic heterocycles. The third kappa shape index (κ3) is 5.10. The Bertz CT molecular complexity index is 714. The maximum absolute atomic E-state index is 12.4. The van der Waals surface area contributed by atoms with Gasteiger partial charge < -0.3 is 15.5 Å². The van der Waals surface area contributed by atoms with Crippen molar-refractivity contribution in [3.8, 4) is 0 Å². The van der Waals surface area contributed by atoms with E-state index >= 15 is 0 Å². The van der Waals surface area contributed by atoms with Gasteiger partial charge >= 0.3 is 0 Å². The van der Waals surface area contributed by atoms with Gasteiger partial charge in [0.15, 0.2) is 5.13 Å². The molecule has 0 radical (unpaired) electrons. The van der Waals surface area contributed by atoms with Gasteiger partial charge in [-0.05, 0) is 31.3 Å². The van der Waals surface area contributed by atoms with Crippen LogP contribution in [0.15, 0.2) is 22.9 Å². The van der Waals surface area contributed by atoms with Gasteiger partial charge in [0.2, 0.25) is 11.8 Å². The first kappa shape index (κ1) is 18.0. The molecule has 2 aromatic heterocycles. The van der Waals surface area contributed by atoms with Crippen LogP contribution in [0, 0.1) is 0 Å². The number of likely N-dealkylation sites (tertiary alicyclic amines) is 1. The first-order valence-electron chi connectivity index (χ1n) is 8.35. The van der Waals surface area contributed by atoms with Crippen LogP contribution in [0.5, 0.6) is 0 Å². The molecule has 6 nitrogen and oxygen atoms in total. The average molecular weight is 379 g/mol. The second-order valence-electron chi connectivity index (χ2n) is 6.09. The Labute approximate surface area is 155 Å². The van der Waals surface area contributed by atoms with Crippen molar-refractivity contribution in [2.45, 2.75) is 31.7 Å². The summed E-state index contributed by atoms with van der Waals surface area (Å²) in [6.07, 6.45) is 2.77. The van der Waals surface area contributed by atoms with E-state index in [1.54, 1.807) is 11.3 Å². The third-order valence-electron chi connectivity index (χ3n) is 4.23. The molecule has 1 unspecified atom stereocenters. The average Bonchev–Trinajstić information content (AvgIpc) is 3.27. The minimum Gasteiger partial charge on any atom is -0.341 e. The topological polar surface area (TPSA) is 74.3 Å². The van der Waals surface area contributed by atoms with Gasteiger partial charge in [0, 0.05) is 29.4 Å². The molecule has 1 saturated heterocycles. The summed E-state index contributed by atoms with van der Waals surface area (Å²) in [5, 5.41) is 10.4. The summed E-state index contributed by atoms with van der Waals surface area (Å²) in [5.41, 5.74) is 0.716. The molecule has 0 spiro atoms. The molecular formula is C17H22N4O2S2. The lowest BCUT2D eigenvalue weighted by atomic mass is 10.1. The first-order chi connectivity index (χ1) is 12.1. The highest BCUT2D eigenvalue weighted by Crippen LogP contribution is 2.18. The highest BCUT2D eigenvalue weighted by Gasteiger charge is 2.23. The van der Waals surface area contributed by atoms with Crippen LogP contribution in [0.25, 0.3) is 0 Å². The third-order valence-corrected chi connectivity index (χ3v) is 5.91. The number of carbonyl (C=O) groups is 2. The van der Waals surface area contributed by atoms with Crippen LogP contribution in [0.3, 0.4) is 0 Å². The molecule has 1 fully saturated rings. The lowest BCUT2D eigenvalue weighted by Crippen LogP contribution is -2.47. The Morgan fingerprint density at radius 3 is 3.00 bits per heavy atom. The number of hydrogen-bond donors (Lipinski definition) is 2. The summed E-state index contributed by atoms with van der Waals surface area (Å²) in [6.45, 7) is 1.56. The van der Waals surface area contributed by atoms with E-state index in [9.17, 15) is 9.59 Å². The highest BCUT2D eigenvalue weighted by molar-refractivity contribution is 7.14. The zero-order valence-corrected chi connectivity index (χ0v) is 15.8. The van der Waals surface area contributed by atoms with E-state index in [1.165, 1.54) is 11.3 Å². The molecule has 0 aromatic carbocycles. The van der Waals surface area contributed by atoms with Crippen molar-refractivity contribution in [3.63, 3.8) is 0 Å². The molecule has 134 valence electrons. The van der Waals surface area contributed by atoms with Crippen LogP contribution in [0.4, 0.5) is 5.13 Å². The van der Waals surface area contributed by atoms with E-state index < -0.39 is 0 Å². The normalized spacial score (nSPS) is 17.5. The Hall–Kier alpha value is -1.77. The zero-order valence-electron chi connectivity index (χ0n) is 14.2. The summed E-state index contributed by atoms with van der Waals surface area (Å²) < 4.78 is 0. The van der Waals surface area contributed by atoms with Crippen molar-refractivity contribution in [2.75, 3.05) is 25.5 Å². The molecule has 2 N–H and O–H groups in total. The molecule has 8 heteroatoms. The Morgan fingerprint density at radius 2 is 2.24 bits per heavy atom. The number of carbonyl (C=O) groups excluding carboxylic acids is 2. The van der Waals surface area contributed by atoms with E-state index in [4.69, 9.17) is 0 Å². The zero-order chi connectivity index (χ0) is 17.6. The van der Waals surface area contributed by atoms with E-state index in [0.717, 1.165) is 30.8 Å². The molecule has 0 aliphatic carbocycles. The number of likely N-dealkylation sites (N-methyl/N-ethyl adjacent to an activating group) is 1. The van der Waals surface area contributed by atoms with Gasteiger partial charge in [-0.1, -0.05) is 6.07 Å². The van der Waals surface area contributed by atoms with Crippen molar-refractivity contribution in [2.24, 2.45) is 0 Å². The smallest absolute Gasteiger partial charge is 0.231 e. The standard InChI is InChI=1S/C17H22N4O2S2/c1-18-12-4-2-6-21(10-12)16(23)8-13-11-25-17(19-13)20-15(22)9-14-5-3-7-24-14/h3,5,7,11-12,18H,2,4,6,8-10H2,1H3,(H,19,20,22). The quantitative estimate of drug-likeness (QED) is 0.808. The van der Waals surface area contributed by atoms with Gasteiger partial charge in [-0.2, -0.15) is 0 Å². The maximum Gasteiger partial charge on any atom is 0.231 e. The van der Waals surface area contributed by atoms with E-state index in [-0.39, 0.29) is 18.2 Å². The van der Waals surface area contributed by atoms with Crippen LogP contribution in [-0.4, -0.2) is 47.9 Å². The van der Waals surface area contributed by atoms with E-state index in [2.05, 4.69) is 15.6 Å². The molecule has 1 aliphatic rings. The molecule has 2 amide bonds. The van der Waals surface area contributed by atoms with Crippen LogP contribution in [0.1, 0.15) is 23.4 Å². The molecular weight excluding hydrogens is 356 g/mol. The van der Waals surface area contributed by atoms with Crippen molar-refractivity contribution in [3.05, 3.63) is 33.5 Å². The second kappa shape index (κ2) is 8.55. The van der Waals surface area contributed by atoms with Crippen LogP contribution in [0.2, 0.25) is 0 Å². The molecule has 3 rings (SSSR count). The fraction of sp³-hybridized carbons (Fsp3) is 0.471. The summed E-state index contributed by atoms with van der Waals surface area (Å²) in [6, 6.07) is 4.24. The number of anilines is 1. The number of nitrogens with one attached hydrogen (secondary N) is 2. The number of piperidine rings is 1. The summed E-state index contributed by atoms with van der Waals surface area (Å²) in [7, 11) is 1.93. The molecule has 0 saturated carbocycles. The SMILES string of the molecule is CNC1CCCN(C(=O)Cc2csc(NC(=O)Cc3cccs3)n2)C1. The number of nitrogens with zero attached hydrogens (tertiary/aromatic N) is 2. The van der Waals surface area contributed by atoms with Gasteiger partial charge in [-0.15, -0.1) is 22.7 Å². The van der Waals surface area contributed by atoms with Gasteiger partial charge in [0.1, 0.15) is 0 Å². The number of thiazole rings is 1. The van der Waals surface area contributed by atoms with Crippen molar-refractivity contribution in [1.29, 1.82) is 0 Å². The van der Waals surface area contributed by atoms with Crippen LogP contribution < -0.4 is 10.6 Å². The summed E-state index contributed by atoms with van der Waals surface area (Å²) in [4.78, 5) is 31.8. The summed E-state index contributed by atoms with van der Waals surface area (Å²) in [5.74, 6) is 0.0179. The number of rotatable bonds is 6. The Morgan fingerprint density at radius 1 is 1.36 bits per heavy atom. The molecule has 3 heterocycles. The number of thiophene rings is 1. The Balaban J connectivity index is 1.51. The van der Waals surface area contributed by atoms with E-state index in [0.29, 0.717) is 23.3 Å². The van der Waals surface area contributed by atoms with Crippen LogP contribution >= 0.6 is 22.7 Å². The minimum atomic E-state index is -0.0810. The van der Waals surface area contributed by atoms with Gasteiger partial charge in [0.05, 0.1) is 18.5 Å². The van der Waals surface area contributed by atoms with E-state index in [1.807, 2.05) is 34.8 Å². The van der Waals surface area contributed by atoms with Gasteiger partial charge in [-0.25, -0.2) is 4.98 Å². The Kier molecular flexibility index (Phi) is 6.17. The molecule has 2 aromatic rings. The lowest BCUT2D eigenvalue weighted by molar-refractivity contribution is -0.131. The minimum absolute atomic E-state index is 0.0810. The molecule has 1 atom stereocenters. The van der Waals surface area contributed by atoms with Crippen molar-refractivity contribution >= 4 is 39.6 Å². The first-order valence-corrected chi connectivity index (χ1v) is 10.1. The maximum atomic E-state index is 12.4. The number of hydrogen-bond acceptors (Lipinski definition) is 6. The number of aromatic nitrogens is 1. The fourth-order valence-electron chi connectivity index (χ4n) is 2.89. The molecule has 25 heavy (non-hydrogen) atoms. The van der Waals surface area contributed by atoms with Crippen molar-refractivity contribution < 1.29 is 9.59 Å². The predicted molar refractivity (Wildman–Crippen MR) is 101 cm³/mol. The predicted octanol–water partition coefficient (Wildman–Crippen LogP) is 2.14.